The lowest BCUT2D eigenvalue weighted by molar-refractivity contribution is 0.622. The molecule has 7 heteroatoms. The number of hydrogen-bond acceptors (Lipinski definition) is 2. The van der Waals surface area contributed by atoms with Crippen LogP contribution in [0.5, 0.6) is 0 Å². The number of fused-ring (bicyclic) bond motifs is 1. The predicted octanol–water partition coefficient (Wildman–Crippen LogP) is 3.37. The Morgan fingerprint density at radius 2 is 2.28 bits per heavy atom. The highest BCUT2D eigenvalue weighted by Gasteiger charge is 2.13. The van der Waals surface area contributed by atoms with Crippen molar-refractivity contribution in [2.45, 2.75) is 18.7 Å². The molecule has 98 valence electrons. The Hall–Kier alpha value is -0.530. The largest absolute Gasteiger partial charge is 0.330 e. The third kappa shape index (κ3) is 2.57. The minimum Gasteiger partial charge on any atom is -0.330 e. The Balaban J connectivity index is 2.57. The van der Waals surface area contributed by atoms with E-state index in [0.29, 0.717) is 21.3 Å². The van der Waals surface area contributed by atoms with Gasteiger partial charge in [-0.25, -0.2) is 4.39 Å². The number of benzene rings is 1. The van der Waals surface area contributed by atoms with E-state index in [1.807, 2.05) is 11.5 Å². The second-order valence-electron chi connectivity index (χ2n) is 4.13. The Labute approximate surface area is 120 Å². The van der Waals surface area contributed by atoms with Gasteiger partial charge in [0, 0.05) is 34.9 Å². The van der Waals surface area contributed by atoms with Crippen LogP contribution in [-0.2, 0) is 17.3 Å². The van der Waals surface area contributed by atoms with Gasteiger partial charge in [0.15, 0.2) is 4.77 Å². The number of hydrogen-bond donors (Lipinski definition) is 1. The van der Waals surface area contributed by atoms with Crippen LogP contribution in [0, 0.1) is 10.6 Å². The minimum atomic E-state index is -0.923. The van der Waals surface area contributed by atoms with Gasteiger partial charge in [0.05, 0.1) is 15.5 Å². The molecule has 18 heavy (non-hydrogen) atoms. The number of aromatic nitrogens is 2. The Kier molecular flexibility index (Phi) is 4.03. The lowest BCUT2D eigenvalue weighted by atomic mass is 10.3. The summed E-state index contributed by atoms with van der Waals surface area (Å²) < 4.78 is 27.6. The van der Waals surface area contributed by atoms with Gasteiger partial charge < -0.3 is 9.55 Å². The molecule has 1 heterocycles. The summed E-state index contributed by atoms with van der Waals surface area (Å²) in [7, 11) is -0.923. The molecule has 2 aromatic rings. The molecule has 3 nitrogen and oxygen atoms in total. The SMILES string of the molecule is CC(Cn1c(=S)[nH]c2cc(F)c(Br)cc21)S(C)=O. The third-order valence-corrected chi connectivity index (χ3v) is 5.03. The molecule has 0 fully saturated rings. The maximum absolute atomic E-state index is 13.4. The van der Waals surface area contributed by atoms with Gasteiger partial charge in [0.1, 0.15) is 5.82 Å². The molecular weight excluding hydrogens is 339 g/mol. The summed E-state index contributed by atoms with van der Waals surface area (Å²) in [6, 6.07) is 3.08. The highest BCUT2D eigenvalue weighted by atomic mass is 79.9. The lowest BCUT2D eigenvalue weighted by Gasteiger charge is -2.10. The van der Waals surface area contributed by atoms with Crippen molar-refractivity contribution < 1.29 is 8.60 Å². The van der Waals surface area contributed by atoms with Crippen LogP contribution in [-0.4, -0.2) is 25.3 Å². The van der Waals surface area contributed by atoms with Crippen LogP contribution in [0.1, 0.15) is 6.92 Å². The first-order valence-corrected chi connectivity index (χ1v) is 8.12. The van der Waals surface area contributed by atoms with E-state index in [2.05, 4.69) is 20.9 Å². The first-order valence-electron chi connectivity index (χ1n) is 5.30. The van der Waals surface area contributed by atoms with Gasteiger partial charge in [0.2, 0.25) is 0 Å². The van der Waals surface area contributed by atoms with E-state index >= 15 is 0 Å². The zero-order valence-corrected chi connectivity index (χ0v) is 13.1. The quantitative estimate of drug-likeness (QED) is 0.861. The number of nitrogens with zero attached hydrogens (tertiary/aromatic N) is 1. The van der Waals surface area contributed by atoms with Crippen molar-refractivity contribution >= 4 is 50.0 Å². The number of H-pyrrole nitrogens is 1. The summed E-state index contributed by atoms with van der Waals surface area (Å²) in [5.74, 6) is -0.335. The molecule has 2 atom stereocenters. The molecule has 0 spiro atoms. The normalized spacial score (nSPS) is 14.9. The van der Waals surface area contributed by atoms with Crippen molar-refractivity contribution in [1.29, 1.82) is 0 Å². The highest BCUT2D eigenvalue weighted by molar-refractivity contribution is 9.10. The van der Waals surface area contributed by atoms with Gasteiger partial charge in [0.25, 0.3) is 0 Å². The minimum absolute atomic E-state index is 0.0143. The molecule has 0 aliphatic carbocycles. The van der Waals surface area contributed by atoms with Crippen LogP contribution >= 0.6 is 28.1 Å². The van der Waals surface area contributed by atoms with Crippen molar-refractivity contribution in [3.63, 3.8) is 0 Å². The smallest absolute Gasteiger partial charge is 0.178 e. The van der Waals surface area contributed by atoms with E-state index in [-0.39, 0.29) is 11.1 Å². The molecule has 0 saturated heterocycles. The topological polar surface area (TPSA) is 37.8 Å². The molecule has 0 saturated carbocycles. The molecule has 0 amide bonds. The van der Waals surface area contributed by atoms with Crippen LogP contribution < -0.4 is 0 Å². The van der Waals surface area contributed by atoms with E-state index in [1.165, 1.54) is 6.07 Å². The van der Waals surface area contributed by atoms with Gasteiger partial charge in [-0.05, 0) is 41.1 Å². The van der Waals surface area contributed by atoms with Gasteiger partial charge >= 0.3 is 0 Å². The second kappa shape index (κ2) is 5.22. The molecule has 0 aliphatic heterocycles. The average Bonchev–Trinajstić information content (AvgIpc) is 2.56. The Morgan fingerprint density at radius 1 is 1.61 bits per heavy atom. The zero-order chi connectivity index (χ0) is 13.4. The fourth-order valence-corrected chi connectivity index (χ4v) is 2.67. The second-order valence-corrected chi connectivity index (χ2v) is 7.18. The van der Waals surface area contributed by atoms with E-state index in [0.717, 1.165) is 5.52 Å². The lowest BCUT2D eigenvalue weighted by Crippen LogP contribution is -2.17. The first kappa shape index (κ1) is 13.9. The molecular formula is C11H12BrFN2OS2. The van der Waals surface area contributed by atoms with Crippen molar-refractivity contribution in [3.05, 3.63) is 27.2 Å². The summed E-state index contributed by atoms with van der Waals surface area (Å²) >= 11 is 8.37. The number of nitrogens with one attached hydrogen (secondary N) is 1. The predicted molar refractivity (Wildman–Crippen MR) is 78.3 cm³/mol. The first-order chi connectivity index (χ1) is 8.40. The number of halogens is 2. The third-order valence-electron chi connectivity index (χ3n) is 2.82. The molecule has 0 aliphatic rings. The maximum Gasteiger partial charge on any atom is 0.178 e. The number of imidazole rings is 1. The monoisotopic (exact) mass is 350 g/mol. The van der Waals surface area contributed by atoms with Crippen molar-refractivity contribution in [2.24, 2.45) is 0 Å². The fourth-order valence-electron chi connectivity index (χ4n) is 1.70. The van der Waals surface area contributed by atoms with E-state index in [4.69, 9.17) is 12.2 Å². The van der Waals surface area contributed by atoms with Crippen molar-refractivity contribution in [1.82, 2.24) is 9.55 Å². The van der Waals surface area contributed by atoms with Crippen LogP contribution in [0.2, 0.25) is 0 Å². The summed E-state index contributed by atoms with van der Waals surface area (Å²) in [6.45, 7) is 2.44. The van der Waals surface area contributed by atoms with Gasteiger partial charge in [-0.15, -0.1) is 0 Å². The van der Waals surface area contributed by atoms with E-state index in [1.54, 1.807) is 12.3 Å². The Morgan fingerprint density at radius 3 is 2.89 bits per heavy atom. The van der Waals surface area contributed by atoms with Crippen molar-refractivity contribution in [3.8, 4) is 0 Å². The molecule has 1 N–H and O–H groups in total. The highest BCUT2D eigenvalue weighted by Crippen LogP contribution is 2.23. The summed E-state index contributed by atoms with van der Waals surface area (Å²) in [5.41, 5.74) is 1.46. The summed E-state index contributed by atoms with van der Waals surface area (Å²) in [4.78, 5) is 2.96. The van der Waals surface area contributed by atoms with Gasteiger partial charge in [-0.3, -0.25) is 4.21 Å². The van der Waals surface area contributed by atoms with Crippen LogP contribution in [0.4, 0.5) is 4.39 Å². The summed E-state index contributed by atoms with van der Waals surface area (Å²) in [6.07, 6.45) is 1.67. The standard InChI is InChI=1S/C11H12BrFN2OS2/c1-6(18(2)16)5-15-10-3-7(12)8(13)4-9(10)14-11(15)17/h3-4,6H,5H2,1-2H3,(H,14,17). The van der Waals surface area contributed by atoms with Crippen molar-refractivity contribution in [2.75, 3.05) is 6.26 Å². The van der Waals surface area contributed by atoms with Crippen LogP contribution in [0.15, 0.2) is 16.6 Å². The number of rotatable bonds is 3. The van der Waals surface area contributed by atoms with Crippen LogP contribution in [0.25, 0.3) is 11.0 Å². The van der Waals surface area contributed by atoms with Gasteiger partial charge in [-0.1, -0.05) is 0 Å². The number of aromatic amines is 1. The molecule has 0 radical (unpaired) electrons. The fraction of sp³-hybridized carbons (Fsp3) is 0.364. The maximum atomic E-state index is 13.4. The van der Waals surface area contributed by atoms with E-state index < -0.39 is 10.8 Å². The summed E-state index contributed by atoms with van der Waals surface area (Å²) in [5, 5.41) is -0.0143. The zero-order valence-electron chi connectivity index (χ0n) is 9.87. The average molecular weight is 351 g/mol. The Bertz CT molecular complexity index is 679. The van der Waals surface area contributed by atoms with Crippen LogP contribution in [0.3, 0.4) is 0 Å². The van der Waals surface area contributed by atoms with Gasteiger partial charge in [-0.2, -0.15) is 0 Å². The molecule has 1 aromatic carbocycles. The molecule has 1 aromatic heterocycles. The van der Waals surface area contributed by atoms with E-state index in [9.17, 15) is 8.60 Å². The molecule has 2 unspecified atom stereocenters. The molecule has 2 rings (SSSR count). The molecule has 0 bridgehead atoms.